The van der Waals surface area contributed by atoms with Crippen LogP contribution in [0.15, 0.2) is 92.1 Å². The van der Waals surface area contributed by atoms with Gasteiger partial charge in [-0.2, -0.15) is 5.10 Å². The SMILES string of the molecule is Cc1ccc(-n2c(C)nnc2SCC(=O)N2N=C(c3cc4ccccc4o3)CC2c2ccco2)cc1. The highest BCUT2D eigenvalue weighted by Crippen LogP contribution is 2.35. The van der Waals surface area contributed by atoms with Crippen LogP contribution in [0.1, 0.15) is 35.4 Å². The lowest BCUT2D eigenvalue weighted by Gasteiger charge is -2.19. The number of aromatic nitrogens is 3. The smallest absolute Gasteiger partial charge is 0.253 e. The molecular formula is C27H23N5O3S. The highest BCUT2D eigenvalue weighted by Gasteiger charge is 2.36. The fraction of sp³-hybridized carbons (Fsp3) is 0.185. The van der Waals surface area contributed by atoms with Gasteiger partial charge in [-0.1, -0.05) is 47.7 Å². The lowest BCUT2D eigenvalue weighted by molar-refractivity contribution is -0.130. The van der Waals surface area contributed by atoms with Gasteiger partial charge in [-0.05, 0) is 50.2 Å². The summed E-state index contributed by atoms with van der Waals surface area (Å²) in [4.78, 5) is 13.4. The number of fused-ring (bicyclic) bond motifs is 1. The second-order valence-corrected chi connectivity index (χ2v) is 9.60. The third-order valence-corrected chi connectivity index (χ3v) is 7.07. The van der Waals surface area contributed by atoms with Gasteiger partial charge in [-0.3, -0.25) is 9.36 Å². The van der Waals surface area contributed by atoms with E-state index in [4.69, 9.17) is 8.83 Å². The molecule has 0 fully saturated rings. The van der Waals surface area contributed by atoms with Crippen LogP contribution in [0.2, 0.25) is 0 Å². The zero-order chi connectivity index (χ0) is 24.6. The topological polar surface area (TPSA) is 89.7 Å². The van der Waals surface area contributed by atoms with Crippen LogP contribution in [0, 0.1) is 13.8 Å². The Morgan fingerprint density at radius 3 is 2.67 bits per heavy atom. The molecule has 0 bridgehead atoms. The van der Waals surface area contributed by atoms with Gasteiger partial charge < -0.3 is 8.83 Å². The number of rotatable bonds is 6. The fourth-order valence-corrected chi connectivity index (χ4v) is 5.19. The van der Waals surface area contributed by atoms with E-state index in [1.807, 2.05) is 85.1 Å². The zero-order valence-corrected chi connectivity index (χ0v) is 20.6. The molecule has 36 heavy (non-hydrogen) atoms. The number of carbonyl (C=O) groups excluding carboxylic acids is 1. The van der Waals surface area contributed by atoms with Gasteiger partial charge in [0.05, 0.1) is 12.0 Å². The molecular weight excluding hydrogens is 474 g/mol. The average molecular weight is 498 g/mol. The maximum absolute atomic E-state index is 13.4. The van der Waals surface area contributed by atoms with E-state index >= 15 is 0 Å². The summed E-state index contributed by atoms with van der Waals surface area (Å²) in [5.41, 5.74) is 3.63. The molecule has 0 aliphatic carbocycles. The number of hydrazone groups is 1. The van der Waals surface area contributed by atoms with Crippen molar-refractivity contribution < 1.29 is 13.6 Å². The first kappa shape index (κ1) is 22.4. The quantitative estimate of drug-likeness (QED) is 0.280. The van der Waals surface area contributed by atoms with Crippen molar-refractivity contribution in [3.05, 3.63) is 95.9 Å². The van der Waals surface area contributed by atoms with E-state index in [0.717, 1.165) is 22.5 Å². The maximum atomic E-state index is 13.4. The van der Waals surface area contributed by atoms with Gasteiger partial charge in [-0.15, -0.1) is 10.2 Å². The molecule has 1 unspecified atom stereocenters. The summed E-state index contributed by atoms with van der Waals surface area (Å²) < 4.78 is 13.6. The standard InChI is InChI=1S/C27H23N5O3S/c1-17-9-11-20(12-10-17)31-18(2)28-29-27(31)36-16-26(33)32-22(24-8-5-13-34-24)15-21(30-32)25-14-19-6-3-4-7-23(19)35-25/h3-14,22H,15-16H2,1-2H3. The van der Waals surface area contributed by atoms with Crippen molar-refractivity contribution in [2.75, 3.05) is 5.75 Å². The molecule has 1 aliphatic rings. The monoisotopic (exact) mass is 497 g/mol. The van der Waals surface area contributed by atoms with Crippen LogP contribution >= 0.6 is 11.8 Å². The molecule has 2 aromatic carbocycles. The summed E-state index contributed by atoms with van der Waals surface area (Å²) in [6.07, 6.45) is 2.11. The predicted molar refractivity (Wildman–Crippen MR) is 137 cm³/mol. The minimum Gasteiger partial charge on any atom is -0.467 e. The molecule has 4 heterocycles. The molecule has 0 N–H and O–H groups in total. The van der Waals surface area contributed by atoms with Gasteiger partial charge in [0.2, 0.25) is 0 Å². The van der Waals surface area contributed by atoms with Gasteiger partial charge in [0, 0.05) is 17.5 Å². The van der Waals surface area contributed by atoms with Crippen molar-refractivity contribution in [1.82, 2.24) is 19.8 Å². The van der Waals surface area contributed by atoms with Crippen molar-refractivity contribution in [3.8, 4) is 5.69 Å². The van der Waals surface area contributed by atoms with E-state index in [1.165, 1.54) is 22.3 Å². The molecule has 3 aromatic heterocycles. The zero-order valence-electron chi connectivity index (χ0n) is 19.8. The van der Waals surface area contributed by atoms with Crippen LogP contribution in [0.5, 0.6) is 0 Å². The number of nitrogens with zero attached hydrogens (tertiary/aromatic N) is 5. The number of furan rings is 2. The molecule has 0 saturated carbocycles. The lowest BCUT2D eigenvalue weighted by Crippen LogP contribution is -2.28. The molecule has 1 aliphatic heterocycles. The minimum absolute atomic E-state index is 0.149. The maximum Gasteiger partial charge on any atom is 0.253 e. The van der Waals surface area contributed by atoms with Crippen LogP contribution < -0.4 is 0 Å². The minimum atomic E-state index is -0.340. The second-order valence-electron chi connectivity index (χ2n) is 8.66. The van der Waals surface area contributed by atoms with E-state index in [1.54, 1.807) is 6.26 Å². The Balaban J connectivity index is 1.26. The summed E-state index contributed by atoms with van der Waals surface area (Å²) in [7, 11) is 0. The van der Waals surface area contributed by atoms with E-state index in [9.17, 15) is 4.79 Å². The molecule has 0 spiro atoms. The third kappa shape index (κ3) is 4.11. The Kier molecular flexibility index (Phi) is 5.69. The van der Waals surface area contributed by atoms with E-state index in [-0.39, 0.29) is 17.7 Å². The number of hydrogen-bond acceptors (Lipinski definition) is 7. The van der Waals surface area contributed by atoms with Crippen molar-refractivity contribution in [2.24, 2.45) is 5.10 Å². The second kappa shape index (κ2) is 9.16. The Morgan fingerprint density at radius 2 is 1.89 bits per heavy atom. The highest BCUT2D eigenvalue weighted by atomic mass is 32.2. The molecule has 5 aromatic rings. The number of benzene rings is 2. The van der Waals surface area contributed by atoms with Crippen molar-refractivity contribution in [1.29, 1.82) is 0 Å². The Labute approximate surface area is 211 Å². The fourth-order valence-electron chi connectivity index (χ4n) is 4.34. The van der Waals surface area contributed by atoms with Gasteiger partial charge in [0.15, 0.2) is 10.9 Å². The molecule has 0 saturated heterocycles. The number of para-hydroxylation sites is 1. The Hall–Kier alpha value is -4.11. The normalized spacial score (nSPS) is 15.6. The van der Waals surface area contributed by atoms with Crippen LogP contribution in [0.25, 0.3) is 16.7 Å². The molecule has 1 atom stereocenters. The number of aryl methyl sites for hydroxylation is 2. The van der Waals surface area contributed by atoms with Crippen LogP contribution in [-0.2, 0) is 4.79 Å². The molecule has 6 rings (SSSR count). The van der Waals surface area contributed by atoms with Crippen LogP contribution in [0.4, 0.5) is 0 Å². The van der Waals surface area contributed by atoms with Gasteiger partial charge >= 0.3 is 0 Å². The molecule has 0 radical (unpaired) electrons. The molecule has 8 nitrogen and oxygen atoms in total. The van der Waals surface area contributed by atoms with Crippen molar-refractivity contribution >= 4 is 34.3 Å². The first-order chi connectivity index (χ1) is 17.6. The summed E-state index contributed by atoms with van der Waals surface area (Å²) in [5.74, 6) is 2.10. The largest absolute Gasteiger partial charge is 0.467 e. The summed E-state index contributed by atoms with van der Waals surface area (Å²) in [5, 5.41) is 16.4. The van der Waals surface area contributed by atoms with E-state index < -0.39 is 0 Å². The van der Waals surface area contributed by atoms with Gasteiger partial charge in [0.1, 0.15) is 28.9 Å². The number of carbonyl (C=O) groups is 1. The van der Waals surface area contributed by atoms with E-state index in [2.05, 4.69) is 15.3 Å². The lowest BCUT2D eigenvalue weighted by atomic mass is 10.1. The number of hydrogen-bond donors (Lipinski definition) is 0. The molecule has 180 valence electrons. The molecule has 9 heteroatoms. The third-order valence-electron chi connectivity index (χ3n) is 6.16. The van der Waals surface area contributed by atoms with Crippen molar-refractivity contribution in [3.63, 3.8) is 0 Å². The summed E-state index contributed by atoms with van der Waals surface area (Å²) in [6, 6.07) is 21.3. The summed E-state index contributed by atoms with van der Waals surface area (Å²) >= 11 is 1.34. The van der Waals surface area contributed by atoms with Crippen LogP contribution in [0.3, 0.4) is 0 Å². The van der Waals surface area contributed by atoms with E-state index in [0.29, 0.717) is 28.8 Å². The predicted octanol–water partition coefficient (Wildman–Crippen LogP) is 5.69. The van der Waals surface area contributed by atoms with Gasteiger partial charge in [0.25, 0.3) is 5.91 Å². The first-order valence-electron chi connectivity index (χ1n) is 11.6. The number of amides is 1. The van der Waals surface area contributed by atoms with Gasteiger partial charge in [-0.25, -0.2) is 5.01 Å². The first-order valence-corrected chi connectivity index (χ1v) is 12.6. The summed E-state index contributed by atoms with van der Waals surface area (Å²) in [6.45, 7) is 3.94. The van der Waals surface area contributed by atoms with Crippen molar-refractivity contribution in [2.45, 2.75) is 31.5 Å². The van der Waals surface area contributed by atoms with Crippen LogP contribution in [-0.4, -0.2) is 37.1 Å². The highest BCUT2D eigenvalue weighted by molar-refractivity contribution is 7.99. The Bertz CT molecular complexity index is 1530. The Morgan fingerprint density at radius 1 is 1.06 bits per heavy atom. The average Bonchev–Trinajstić information content (AvgIpc) is 3.68. The number of thioether (sulfide) groups is 1. The molecule has 1 amide bonds.